The van der Waals surface area contributed by atoms with Crippen LogP contribution >= 0.6 is 11.8 Å². The fourth-order valence-corrected chi connectivity index (χ4v) is 3.11. The number of nitrogens with one attached hydrogen (secondary N) is 1. The average molecular weight is 315 g/mol. The van der Waals surface area contributed by atoms with Crippen molar-refractivity contribution in [2.45, 2.75) is 23.6 Å². The van der Waals surface area contributed by atoms with E-state index >= 15 is 0 Å². The summed E-state index contributed by atoms with van der Waals surface area (Å²) in [4.78, 5) is 13.4. The minimum Gasteiger partial charge on any atom is -0.383 e. The highest BCUT2D eigenvalue weighted by molar-refractivity contribution is 7.98. The molecule has 4 heteroatoms. The van der Waals surface area contributed by atoms with Crippen molar-refractivity contribution >= 4 is 17.7 Å². The standard InChI is InChI=1S/C18H21NO2S/c1-14(12-21-2)19-18(20)16-10-6-7-11-17(16)22-13-15-8-4-3-5-9-15/h3-11,14H,12-13H2,1-2H3,(H,19,20)/t14-/m0/s1. The third kappa shape index (κ3) is 4.90. The minimum atomic E-state index is -0.0549. The molecule has 0 radical (unpaired) electrons. The van der Waals surface area contributed by atoms with Crippen LogP contribution in [0.4, 0.5) is 0 Å². The molecular formula is C18H21NO2S. The fourth-order valence-electron chi connectivity index (χ4n) is 2.11. The number of hydrogen-bond donors (Lipinski definition) is 1. The lowest BCUT2D eigenvalue weighted by atomic mass is 10.2. The topological polar surface area (TPSA) is 38.3 Å². The molecule has 0 saturated heterocycles. The zero-order valence-electron chi connectivity index (χ0n) is 12.9. The second-order valence-electron chi connectivity index (χ2n) is 5.10. The van der Waals surface area contributed by atoms with Crippen LogP contribution in [0.3, 0.4) is 0 Å². The summed E-state index contributed by atoms with van der Waals surface area (Å²) in [6.45, 7) is 2.44. The molecule has 2 aromatic carbocycles. The van der Waals surface area contributed by atoms with Crippen molar-refractivity contribution in [2.75, 3.05) is 13.7 Å². The molecule has 0 saturated carbocycles. The van der Waals surface area contributed by atoms with Gasteiger partial charge in [0, 0.05) is 23.8 Å². The van der Waals surface area contributed by atoms with Crippen LogP contribution in [0.1, 0.15) is 22.8 Å². The highest BCUT2D eigenvalue weighted by Crippen LogP contribution is 2.26. The van der Waals surface area contributed by atoms with E-state index in [4.69, 9.17) is 4.74 Å². The predicted octanol–water partition coefficient (Wildman–Crippen LogP) is 3.74. The number of ether oxygens (including phenoxy) is 1. The summed E-state index contributed by atoms with van der Waals surface area (Å²) in [5.41, 5.74) is 1.96. The number of carbonyl (C=O) groups excluding carboxylic acids is 1. The van der Waals surface area contributed by atoms with Gasteiger partial charge >= 0.3 is 0 Å². The molecule has 0 aliphatic heterocycles. The fraction of sp³-hybridized carbons (Fsp3) is 0.278. The third-order valence-electron chi connectivity index (χ3n) is 3.16. The third-order valence-corrected chi connectivity index (χ3v) is 4.31. The number of rotatable bonds is 7. The molecule has 116 valence electrons. The van der Waals surface area contributed by atoms with E-state index in [2.05, 4.69) is 17.4 Å². The molecular weight excluding hydrogens is 294 g/mol. The van der Waals surface area contributed by atoms with E-state index in [1.165, 1.54) is 5.56 Å². The van der Waals surface area contributed by atoms with Gasteiger partial charge in [-0.05, 0) is 24.6 Å². The SMILES string of the molecule is COC[C@H](C)NC(=O)c1ccccc1SCc1ccccc1. The largest absolute Gasteiger partial charge is 0.383 e. The van der Waals surface area contributed by atoms with Crippen LogP contribution in [-0.2, 0) is 10.5 Å². The van der Waals surface area contributed by atoms with E-state index in [0.717, 1.165) is 10.6 Å². The van der Waals surface area contributed by atoms with Gasteiger partial charge in [-0.25, -0.2) is 0 Å². The maximum Gasteiger partial charge on any atom is 0.252 e. The second-order valence-corrected chi connectivity index (χ2v) is 6.12. The number of methoxy groups -OCH3 is 1. The summed E-state index contributed by atoms with van der Waals surface area (Å²) in [6, 6.07) is 17.9. The summed E-state index contributed by atoms with van der Waals surface area (Å²) in [5.74, 6) is 0.791. The Morgan fingerprint density at radius 3 is 2.55 bits per heavy atom. The summed E-state index contributed by atoms with van der Waals surface area (Å²) in [6.07, 6.45) is 0. The minimum absolute atomic E-state index is 0.00956. The second kappa shape index (κ2) is 8.61. The Morgan fingerprint density at radius 1 is 1.14 bits per heavy atom. The molecule has 0 spiro atoms. The summed E-state index contributed by atoms with van der Waals surface area (Å²) in [7, 11) is 1.63. The highest BCUT2D eigenvalue weighted by atomic mass is 32.2. The molecule has 1 amide bonds. The monoisotopic (exact) mass is 315 g/mol. The zero-order chi connectivity index (χ0) is 15.8. The van der Waals surface area contributed by atoms with Crippen LogP contribution in [0.25, 0.3) is 0 Å². The van der Waals surface area contributed by atoms with Gasteiger partial charge in [-0.1, -0.05) is 42.5 Å². The van der Waals surface area contributed by atoms with Crippen molar-refractivity contribution in [1.82, 2.24) is 5.32 Å². The lowest BCUT2D eigenvalue weighted by Crippen LogP contribution is -2.35. The van der Waals surface area contributed by atoms with E-state index in [1.807, 2.05) is 49.4 Å². The first-order valence-corrected chi connectivity index (χ1v) is 8.25. The molecule has 2 aromatic rings. The molecule has 1 atom stereocenters. The maximum atomic E-state index is 12.4. The van der Waals surface area contributed by atoms with Crippen LogP contribution in [0.15, 0.2) is 59.5 Å². The van der Waals surface area contributed by atoms with E-state index in [1.54, 1.807) is 18.9 Å². The van der Waals surface area contributed by atoms with Gasteiger partial charge in [0.05, 0.1) is 12.2 Å². The molecule has 22 heavy (non-hydrogen) atoms. The normalized spacial score (nSPS) is 11.9. The molecule has 1 N–H and O–H groups in total. The Bertz CT molecular complexity index is 601. The van der Waals surface area contributed by atoms with Crippen molar-refractivity contribution in [3.05, 3.63) is 65.7 Å². The van der Waals surface area contributed by atoms with Crippen LogP contribution in [0.2, 0.25) is 0 Å². The quantitative estimate of drug-likeness (QED) is 0.791. The van der Waals surface area contributed by atoms with Gasteiger partial charge in [0.1, 0.15) is 0 Å². The maximum absolute atomic E-state index is 12.4. The molecule has 0 heterocycles. The molecule has 0 fully saturated rings. The molecule has 0 unspecified atom stereocenters. The number of amides is 1. The van der Waals surface area contributed by atoms with E-state index in [-0.39, 0.29) is 11.9 Å². The van der Waals surface area contributed by atoms with Crippen molar-refractivity contribution in [3.8, 4) is 0 Å². The molecule has 0 aromatic heterocycles. The van der Waals surface area contributed by atoms with Gasteiger partial charge in [-0.3, -0.25) is 4.79 Å². The Hall–Kier alpha value is -1.78. The van der Waals surface area contributed by atoms with Gasteiger partial charge in [-0.2, -0.15) is 0 Å². The van der Waals surface area contributed by atoms with E-state index in [0.29, 0.717) is 12.2 Å². The Morgan fingerprint density at radius 2 is 1.82 bits per heavy atom. The first-order chi connectivity index (χ1) is 10.7. The molecule has 0 aliphatic rings. The van der Waals surface area contributed by atoms with Crippen LogP contribution in [0.5, 0.6) is 0 Å². The van der Waals surface area contributed by atoms with E-state index in [9.17, 15) is 4.79 Å². The average Bonchev–Trinajstić information content (AvgIpc) is 2.54. The van der Waals surface area contributed by atoms with Gasteiger partial charge in [0.15, 0.2) is 0 Å². The number of benzene rings is 2. The van der Waals surface area contributed by atoms with Crippen molar-refractivity contribution in [3.63, 3.8) is 0 Å². The molecule has 0 bridgehead atoms. The lowest BCUT2D eigenvalue weighted by Gasteiger charge is -2.14. The lowest BCUT2D eigenvalue weighted by molar-refractivity contribution is 0.0902. The van der Waals surface area contributed by atoms with E-state index < -0.39 is 0 Å². The molecule has 2 rings (SSSR count). The Balaban J connectivity index is 2.04. The van der Waals surface area contributed by atoms with Gasteiger partial charge in [-0.15, -0.1) is 11.8 Å². The van der Waals surface area contributed by atoms with Crippen molar-refractivity contribution < 1.29 is 9.53 Å². The highest BCUT2D eigenvalue weighted by Gasteiger charge is 2.13. The van der Waals surface area contributed by atoms with Crippen molar-refractivity contribution in [2.24, 2.45) is 0 Å². The van der Waals surface area contributed by atoms with Gasteiger partial charge in [0.25, 0.3) is 5.91 Å². The van der Waals surface area contributed by atoms with Crippen LogP contribution in [-0.4, -0.2) is 25.7 Å². The van der Waals surface area contributed by atoms with Crippen LogP contribution in [0, 0.1) is 0 Å². The first kappa shape index (κ1) is 16.6. The summed E-state index contributed by atoms with van der Waals surface area (Å²) >= 11 is 1.68. The van der Waals surface area contributed by atoms with Crippen molar-refractivity contribution in [1.29, 1.82) is 0 Å². The summed E-state index contributed by atoms with van der Waals surface area (Å²) < 4.78 is 5.06. The Labute approximate surface area is 136 Å². The number of hydrogen-bond acceptors (Lipinski definition) is 3. The van der Waals surface area contributed by atoms with Crippen LogP contribution < -0.4 is 5.32 Å². The first-order valence-electron chi connectivity index (χ1n) is 7.26. The molecule has 3 nitrogen and oxygen atoms in total. The van der Waals surface area contributed by atoms with Gasteiger partial charge in [0.2, 0.25) is 0 Å². The number of thioether (sulfide) groups is 1. The number of carbonyl (C=O) groups is 1. The predicted molar refractivity (Wildman–Crippen MR) is 91.2 cm³/mol. The van der Waals surface area contributed by atoms with Gasteiger partial charge < -0.3 is 10.1 Å². The summed E-state index contributed by atoms with van der Waals surface area (Å²) in [5, 5.41) is 2.96. The smallest absolute Gasteiger partial charge is 0.252 e. The zero-order valence-corrected chi connectivity index (χ0v) is 13.7. The Kier molecular flexibility index (Phi) is 6.49. The molecule has 0 aliphatic carbocycles.